The van der Waals surface area contributed by atoms with Gasteiger partial charge in [-0.15, -0.1) is 10.2 Å². The fourth-order valence-corrected chi connectivity index (χ4v) is 5.58. The normalized spacial score (nSPS) is 29.2. The van der Waals surface area contributed by atoms with Gasteiger partial charge in [0.1, 0.15) is 5.82 Å². The molecule has 3 aliphatic rings. The highest BCUT2D eigenvalue weighted by Gasteiger charge is 2.37. The summed E-state index contributed by atoms with van der Waals surface area (Å²) in [6, 6.07) is 6.73. The first kappa shape index (κ1) is 23.0. The largest absolute Gasteiger partial charge is 0.420 e. The Kier molecular flexibility index (Phi) is 6.89. The Bertz CT molecular complexity index is 1020. The molecule has 2 saturated carbocycles. The van der Waals surface area contributed by atoms with Crippen molar-refractivity contribution in [3.63, 3.8) is 0 Å². The predicted molar refractivity (Wildman–Crippen MR) is 123 cm³/mol. The topological polar surface area (TPSA) is 109 Å². The predicted octanol–water partition coefficient (Wildman–Crippen LogP) is 3.40. The van der Waals surface area contributed by atoms with Crippen molar-refractivity contribution in [3.8, 4) is 11.5 Å². The lowest BCUT2D eigenvalue weighted by molar-refractivity contribution is -0.131. The fraction of sp³-hybridized carbons (Fsp3) is 0.600. The standard InChI is InChI=1S/C25H32FN5O3/c26-19-7-3-1-5-17(19)25-31-30-24(34-25)15-9-11-16(12-10-15)27-22(32)14-13-21-28-20-8-4-2-6-18(20)23(33)29-21/h1,3,5,7,15-16,18,20-21,28H,2,4,6,8-14H2,(H,27,32)(H,29,33). The van der Waals surface area contributed by atoms with Crippen molar-refractivity contribution in [1.29, 1.82) is 0 Å². The van der Waals surface area contributed by atoms with Crippen molar-refractivity contribution < 1.29 is 18.4 Å². The number of amides is 2. The summed E-state index contributed by atoms with van der Waals surface area (Å²) in [5, 5.41) is 17.9. The minimum absolute atomic E-state index is 0.0184. The summed E-state index contributed by atoms with van der Waals surface area (Å²) < 4.78 is 19.7. The number of fused-ring (bicyclic) bond motifs is 1. The molecule has 2 aromatic rings. The minimum Gasteiger partial charge on any atom is -0.420 e. The molecule has 3 unspecified atom stereocenters. The Morgan fingerprint density at radius 2 is 1.88 bits per heavy atom. The average molecular weight is 470 g/mol. The average Bonchev–Trinajstić information content (AvgIpc) is 3.34. The zero-order chi connectivity index (χ0) is 23.5. The van der Waals surface area contributed by atoms with Gasteiger partial charge < -0.3 is 15.1 Å². The number of aromatic nitrogens is 2. The van der Waals surface area contributed by atoms with Gasteiger partial charge in [0.05, 0.1) is 17.6 Å². The lowest BCUT2D eigenvalue weighted by Crippen LogP contribution is -2.62. The van der Waals surface area contributed by atoms with Crippen LogP contribution in [0.25, 0.3) is 11.5 Å². The fourth-order valence-electron chi connectivity index (χ4n) is 5.58. The van der Waals surface area contributed by atoms with Gasteiger partial charge in [0.2, 0.25) is 17.7 Å². The van der Waals surface area contributed by atoms with Crippen LogP contribution in [0.1, 0.15) is 76.0 Å². The van der Waals surface area contributed by atoms with Crippen molar-refractivity contribution >= 4 is 11.8 Å². The highest BCUT2D eigenvalue weighted by molar-refractivity contribution is 5.81. The number of hydrogen-bond acceptors (Lipinski definition) is 6. The Balaban J connectivity index is 1.06. The van der Waals surface area contributed by atoms with Gasteiger partial charge in [-0.05, 0) is 57.1 Å². The molecule has 3 fully saturated rings. The second-order valence-electron chi connectivity index (χ2n) is 9.81. The smallest absolute Gasteiger partial charge is 0.250 e. The van der Waals surface area contributed by atoms with Gasteiger partial charge in [-0.1, -0.05) is 25.0 Å². The van der Waals surface area contributed by atoms with Crippen LogP contribution >= 0.6 is 0 Å². The van der Waals surface area contributed by atoms with E-state index in [2.05, 4.69) is 26.1 Å². The van der Waals surface area contributed by atoms with Crippen LogP contribution < -0.4 is 16.0 Å². The van der Waals surface area contributed by atoms with Crippen LogP contribution in [0.3, 0.4) is 0 Å². The SMILES string of the molecule is O=C(CCC1NC(=O)C2CCCCC2N1)NC1CCC(c2nnc(-c3ccccc3F)o2)CC1. The molecule has 2 aliphatic carbocycles. The van der Waals surface area contributed by atoms with E-state index in [1.807, 2.05) is 0 Å². The third-order valence-corrected chi connectivity index (χ3v) is 7.48. The molecule has 3 atom stereocenters. The summed E-state index contributed by atoms with van der Waals surface area (Å²) in [7, 11) is 0. The lowest BCUT2D eigenvalue weighted by atomic mass is 9.82. The van der Waals surface area contributed by atoms with Gasteiger partial charge in [-0.2, -0.15) is 0 Å². The Hall–Kier alpha value is -2.81. The molecular weight excluding hydrogens is 437 g/mol. The van der Waals surface area contributed by atoms with Crippen molar-refractivity contribution in [1.82, 2.24) is 26.1 Å². The number of nitrogens with one attached hydrogen (secondary N) is 3. The van der Waals surface area contributed by atoms with E-state index in [0.29, 0.717) is 24.3 Å². The van der Waals surface area contributed by atoms with E-state index in [0.717, 1.165) is 51.4 Å². The van der Waals surface area contributed by atoms with Crippen LogP contribution in [-0.4, -0.2) is 40.3 Å². The number of carbonyl (C=O) groups is 2. The Labute approximate surface area is 198 Å². The van der Waals surface area contributed by atoms with Crippen molar-refractivity contribution in [3.05, 3.63) is 36.0 Å². The van der Waals surface area contributed by atoms with E-state index < -0.39 is 0 Å². The van der Waals surface area contributed by atoms with Crippen LogP contribution in [0.5, 0.6) is 0 Å². The monoisotopic (exact) mass is 469 g/mol. The second kappa shape index (κ2) is 10.2. The van der Waals surface area contributed by atoms with Gasteiger partial charge in [0, 0.05) is 24.4 Å². The highest BCUT2D eigenvalue weighted by atomic mass is 19.1. The molecule has 34 heavy (non-hydrogen) atoms. The summed E-state index contributed by atoms with van der Waals surface area (Å²) >= 11 is 0. The van der Waals surface area contributed by atoms with Gasteiger partial charge in [0.15, 0.2) is 0 Å². The molecule has 0 spiro atoms. The molecule has 2 amide bonds. The Morgan fingerprint density at radius 3 is 2.71 bits per heavy atom. The third kappa shape index (κ3) is 5.14. The molecular formula is C25H32FN5O3. The maximum absolute atomic E-state index is 14.0. The first-order valence-electron chi connectivity index (χ1n) is 12.5. The highest BCUT2D eigenvalue weighted by Crippen LogP contribution is 2.34. The molecule has 2 heterocycles. The minimum atomic E-state index is -0.384. The molecule has 0 radical (unpaired) electrons. The summed E-state index contributed by atoms with van der Waals surface area (Å²) in [5.74, 6) is 0.693. The molecule has 0 bridgehead atoms. The molecule has 1 aromatic heterocycles. The van der Waals surface area contributed by atoms with Gasteiger partial charge in [-0.25, -0.2) is 4.39 Å². The number of carbonyl (C=O) groups excluding carboxylic acids is 2. The second-order valence-corrected chi connectivity index (χ2v) is 9.81. The van der Waals surface area contributed by atoms with E-state index in [1.54, 1.807) is 18.2 Å². The van der Waals surface area contributed by atoms with Crippen molar-refractivity contribution in [2.75, 3.05) is 0 Å². The van der Waals surface area contributed by atoms with Gasteiger partial charge in [0.25, 0.3) is 5.89 Å². The quantitative estimate of drug-likeness (QED) is 0.598. The van der Waals surface area contributed by atoms with Crippen molar-refractivity contribution in [2.45, 2.75) is 88.4 Å². The number of rotatable bonds is 6. The van der Waals surface area contributed by atoms with Crippen LogP contribution in [0.4, 0.5) is 4.39 Å². The zero-order valence-corrected chi connectivity index (χ0v) is 19.3. The Morgan fingerprint density at radius 1 is 1.09 bits per heavy atom. The van der Waals surface area contributed by atoms with E-state index in [-0.39, 0.29) is 53.6 Å². The molecule has 182 valence electrons. The zero-order valence-electron chi connectivity index (χ0n) is 19.3. The maximum atomic E-state index is 14.0. The van der Waals surface area contributed by atoms with Gasteiger partial charge >= 0.3 is 0 Å². The number of hydrogen-bond donors (Lipinski definition) is 3. The summed E-state index contributed by atoms with van der Waals surface area (Å²) in [4.78, 5) is 24.9. The molecule has 9 heteroatoms. The number of benzene rings is 1. The lowest BCUT2D eigenvalue weighted by Gasteiger charge is -2.40. The number of halogens is 1. The van der Waals surface area contributed by atoms with Crippen molar-refractivity contribution in [2.24, 2.45) is 5.92 Å². The third-order valence-electron chi connectivity index (χ3n) is 7.48. The number of nitrogens with zero attached hydrogens (tertiary/aromatic N) is 2. The van der Waals surface area contributed by atoms with Crippen LogP contribution in [0, 0.1) is 11.7 Å². The van der Waals surface area contributed by atoms with E-state index >= 15 is 0 Å². The van der Waals surface area contributed by atoms with Crippen LogP contribution in [0.2, 0.25) is 0 Å². The van der Waals surface area contributed by atoms with Gasteiger partial charge in [-0.3, -0.25) is 14.9 Å². The van der Waals surface area contributed by atoms with Crippen LogP contribution in [0.15, 0.2) is 28.7 Å². The molecule has 5 rings (SSSR count). The first-order chi connectivity index (χ1) is 16.6. The summed E-state index contributed by atoms with van der Waals surface area (Å²) in [6.07, 6.45) is 8.42. The molecule has 1 aliphatic heterocycles. The molecule has 8 nitrogen and oxygen atoms in total. The van der Waals surface area contributed by atoms with E-state index in [4.69, 9.17) is 4.42 Å². The molecule has 1 aromatic carbocycles. The van der Waals surface area contributed by atoms with E-state index in [1.165, 1.54) is 6.07 Å². The summed E-state index contributed by atoms with van der Waals surface area (Å²) in [6.45, 7) is 0. The maximum Gasteiger partial charge on any atom is 0.250 e. The first-order valence-corrected chi connectivity index (χ1v) is 12.5. The van der Waals surface area contributed by atoms with Crippen LogP contribution in [-0.2, 0) is 9.59 Å². The molecule has 1 saturated heterocycles. The summed E-state index contributed by atoms with van der Waals surface area (Å²) in [5.41, 5.74) is 0.310. The van der Waals surface area contributed by atoms with E-state index in [9.17, 15) is 14.0 Å². The molecule has 3 N–H and O–H groups in total.